The highest BCUT2D eigenvalue weighted by molar-refractivity contribution is 6.17. The maximum atomic E-state index is 13.3. The molecule has 0 saturated carbocycles. The summed E-state index contributed by atoms with van der Waals surface area (Å²) >= 11 is 0. The standard InChI is InChI=1S/C26H32N2O3/c1-7-27(8-2)19-14-12-18(13-15-19)22-21(24(30)26(4,5)6)23(29)25(31)28(22)20-11-9-10-17(3)16-20/h9-16,22,29H,7-8H2,1-6H3. The Morgan fingerprint density at radius 1 is 1.06 bits per heavy atom. The summed E-state index contributed by atoms with van der Waals surface area (Å²) in [5.41, 5.74) is 2.96. The zero-order valence-corrected chi connectivity index (χ0v) is 19.3. The van der Waals surface area contributed by atoms with Gasteiger partial charge in [-0.25, -0.2) is 0 Å². The quantitative estimate of drug-likeness (QED) is 0.684. The van der Waals surface area contributed by atoms with Crippen molar-refractivity contribution in [2.24, 2.45) is 5.41 Å². The number of Topliss-reactive ketones (excluding diaryl/α,β-unsaturated/α-hetero) is 1. The van der Waals surface area contributed by atoms with Crippen LogP contribution in [0.1, 0.15) is 51.8 Å². The van der Waals surface area contributed by atoms with Crippen LogP contribution >= 0.6 is 0 Å². The first-order valence-electron chi connectivity index (χ1n) is 10.8. The lowest BCUT2D eigenvalue weighted by molar-refractivity contribution is -0.123. The summed E-state index contributed by atoms with van der Waals surface area (Å²) in [5.74, 6) is -1.23. The maximum Gasteiger partial charge on any atom is 0.294 e. The molecule has 0 aliphatic carbocycles. The molecule has 164 valence electrons. The van der Waals surface area contributed by atoms with Gasteiger partial charge in [0.2, 0.25) is 0 Å². The molecule has 1 atom stereocenters. The Labute approximate surface area is 185 Å². The highest BCUT2D eigenvalue weighted by atomic mass is 16.3. The van der Waals surface area contributed by atoms with E-state index in [9.17, 15) is 14.7 Å². The molecule has 1 aliphatic rings. The average Bonchev–Trinajstić information content (AvgIpc) is 2.99. The number of nitrogens with zero attached hydrogens (tertiary/aromatic N) is 2. The molecule has 1 N–H and O–H groups in total. The van der Waals surface area contributed by atoms with Gasteiger partial charge in [-0.15, -0.1) is 0 Å². The molecule has 0 saturated heterocycles. The fourth-order valence-corrected chi connectivity index (χ4v) is 4.06. The lowest BCUT2D eigenvalue weighted by Crippen LogP contribution is -2.33. The summed E-state index contributed by atoms with van der Waals surface area (Å²) in [4.78, 5) is 30.2. The molecule has 5 heteroatoms. The molecule has 0 bridgehead atoms. The third-order valence-electron chi connectivity index (χ3n) is 5.75. The molecule has 1 aliphatic heterocycles. The molecule has 0 fully saturated rings. The van der Waals surface area contributed by atoms with Crippen LogP contribution in [0.5, 0.6) is 0 Å². The van der Waals surface area contributed by atoms with Crippen molar-refractivity contribution >= 4 is 23.1 Å². The minimum atomic E-state index is -0.731. The number of aliphatic hydroxyl groups excluding tert-OH is 1. The largest absolute Gasteiger partial charge is 0.503 e. The minimum absolute atomic E-state index is 0.162. The first kappa shape index (κ1) is 22.6. The van der Waals surface area contributed by atoms with E-state index in [1.54, 1.807) is 20.8 Å². The molecule has 5 nitrogen and oxygen atoms in total. The number of anilines is 2. The molecule has 1 unspecified atom stereocenters. The lowest BCUT2D eigenvalue weighted by atomic mass is 9.82. The van der Waals surface area contributed by atoms with Crippen molar-refractivity contribution in [3.8, 4) is 0 Å². The number of hydrogen-bond donors (Lipinski definition) is 1. The monoisotopic (exact) mass is 420 g/mol. The van der Waals surface area contributed by atoms with E-state index in [1.165, 1.54) is 4.90 Å². The van der Waals surface area contributed by atoms with E-state index in [-0.39, 0.29) is 11.4 Å². The van der Waals surface area contributed by atoms with Crippen molar-refractivity contribution in [2.75, 3.05) is 22.9 Å². The van der Waals surface area contributed by atoms with Crippen LogP contribution in [-0.2, 0) is 9.59 Å². The smallest absolute Gasteiger partial charge is 0.294 e. The second kappa shape index (κ2) is 8.58. The van der Waals surface area contributed by atoms with E-state index in [0.717, 1.165) is 29.9 Å². The number of carbonyl (C=O) groups is 2. The van der Waals surface area contributed by atoms with Crippen LogP contribution in [0, 0.1) is 12.3 Å². The molecule has 3 rings (SSSR count). The molecule has 0 radical (unpaired) electrons. The molecular weight excluding hydrogens is 388 g/mol. The van der Waals surface area contributed by atoms with E-state index in [2.05, 4.69) is 18.7 Å². The van der Waals surface area contributed by atoms with E-state index < -0.39 is 23.1 Å². The van der Waals surface area contributed by atoms with Crippen LogP contribution in [-0.4, -0.2) is 29.9 Å². The van der Waals surface area contributed by atoms with Crippen LogP contribution in [0.2, 0.25) is 0 Å². The molecule has 31 heavy (non-hydrogen) atoms. The van der Waals surface area contributed by atoms with Gasteiger partial charge in [-0.2, -0.15) is 0 Å². The Morgan fingerprint density at radius 3 is 2.19 bits per heavy atom. The number of ketones is 1. The van der Waals surface area contributed by atoms with Gasteiger partial charge in [0.1, 0.15) is 0 Å². The number of amides is 1. The topological polar surface area (TPSA) is 60.9 Å². The van der Waals surface area contributed by atoms with Crippen molar-refractivity contribution in [3.63, 3.8) is 0 Å². The Hall–Kier alpha value is -3.08. The molecule has 2 aromatic carbocycles. The lowest BCUT2D eigenvalue weighted by Gasteiger charge is -2.29. The Kier molecular flexibility index (Phi) is 6.25. The summed E-state index contributed by atoms with van der Waals surface area (Å²) in [6, 6.07) is 14.8. The maximum absolute atomic E-state index is 13.3. The molecular formula is C26H32N2O3. The van der Waals surface area contributed by atoms with Gasteiger partial charge in [0, 0.05) is 29.9 Å². The number of hydrogen-bond acceptors (Lipinski definition) is 4. The van der Waals surface area contributed by atoms with Crippen molar-refractivity contribution in [2.45, 2.75) is 47.6 Å². The molecule has 1 heterocycles. The normalized spacial score (nSPS) is 16.8. The number of aryl methyl sites for hydroxylation is 1. The molecule has 2 aromatic rings. The minimum Gasteiger partial charge on any atom is -0.503 e. The first-order chi connectivity index (χ1) is 14.6. The van der Waals surface area contributed by atoms with Crippen molar-refractivity contribution in [1.82, 2.24) is 0 Å². The second-order valence-corrected chi connectivity index (χ2v) is 9.02. The van der Waals surface area contributed by atoms with Gasteiger partial charge < -0.3 is 10.0 Å². The number of aliphatic hydroxyl groups is 1. The van der Waals surface area contributed by atoms with Crippen molar-refractivity contribution < 1.29 is 14.7 Å². The van der Waals surface area contributed by atoms with Crippen molar-refractivity contribution in [1.29, 1.82) is 0 Å². The summed E-state index contributed by atoms with van der Waals surface area (Å²) in [7, 11) is 0. The van der Waals surface area contributed by atoms with Gasteiger partial charge >= 0.3 is 0 Å². The molecule has 0 aromatic heterocycles. The van der Waals surface area contributed by atoms with Crippen LogP contribution in [0.25, 0.3) is 0 Å². The number of rotatable bonds is 6. The highest BCUT2D eigenvalue weighted by Gasteiger charge is 2.46. The average molecular weight is 421 g/mol. The summed E-state index contributed by atoms with van der Waals surface area (Å²) < 4.78 is 0. The van der Waals surface area contributed by atoms with Crippen molar-refractivity contribution in [3.05, 3.63) is 71.0 Å². The van der Waals surface area contributed by atoms with Crippen LogP contribution in [0.4, 0.5) is 11.4 Å². The van der Waals surface area contributed by atoms with Gasteiger partial charge in [-0.3, -0.25) is 14.5 Å². The van der Waals surface area contributed by atoms with Crippen LogP contribution in [0.15, 0.2) is 59.9 Å². The number of carbonyl (C=O) groups excluding carboxylic acids is 2. The first-order valence-corrected chi connectivity index (χ1v) is 10.8. The fourth-order valence-electron chi connectivity index (χ4n) is 4.06. The predicted octanol–water partition coefficient (Wildman–Crippen LogP) is 5.36. The van der Waals surface area contributed by atoms with Gasteiger partial charge in [-0.05, 0) is 56.2 Å². The Balaban J connectivity index is 2.15. The van der Waals surface area contributed by atoms with Gasteiger partial charge in [-0.1, -0.05) is 45.0 Å². The van der Waals surface area contributed by atoms with E-state index in [1.807, 2.05) is 55.5 Å². The van der Waals surface area contributed by atoms with Gasteiger partial charge in [0.05, 0.1) is 11.6 Å². The van der Waals surface area contributed by atoms with Gasteiger partial charge in [0.15, 0.2) is 11.5 Å². The van der Waals surface area contributed by atoms with Crippen LogP contribution < -0.4 is 9.80 Å². The van der Waals surface area contributed by atoms with Gasteiger partial charge in [0.25, 0.3) is 5.91 Å². The fraction of sp³-hybridized carbons (Fsp3) is 0.385. The second-order valence-electron chi connectivity index (χ2n) is 9.02. The Bertz CT molecular complexity index is 1010. The SMILES string of the molecule is CCN(CC)c1ccc(C2C(C(=O)C(C)(C)C)=C(O)C(=O)N2c2cccc(C)c2)cc1. The van der Waals surface area contributed by atoms with E-state index in [4.69, 9.17) is 0 Å². The Morgan fingerprint density at radius 2 is 1.68 bits per heavy atom. The summed E-state index contributed by atoms with van der Waals surface area (Å²) in [5, 5.41) is 10.8. The predicted molar refractivity (Wildman–Crippen MR) is 126 cm³/mol. The zero-order chi connectivity index (χ0) is 22.9. The molecule has 0 spiro atoms. The zero-order valence-electron chi connectivity index (χ0n) is 19.3. The summed E-state index contributed by atoms with van der Waals surface area (Å²) in [6.07, 6.45) is 0. The third-order valence-corrected chi connectivity index (χ3v) is 5.75. The highest BCUT2D eigenvalue weighted by Crippen LogP contribution is 2.43. The summed E-state index contributed by atoms with van der Waals surface area (Å²) in [6.45, 7) is 13.3. The van der Waals surface area contributed by atoms with Crippen LogP contribution in [0.3, 0.4) is 0 Å². The third kappa shape index (κ3) is 4.22. The van der Waals surface area contributed by atoms with E-state index in [0.29, 0.717) is 5.69 Å². The number of benzene rings is 2. The molecule has 1 amide bonds. The van der Waals surface area contributed by atoms with E-state index >= 15 is 0 Å².